The predicted molar refractivity (Wildman–Crippen MR) is 75.8 cm³/mol. The summed E-state index contributed by atoms with van der Waals surface area (Å²) in [5.41, 5.74) is 1.43. The Morgan fingerprint density at radius 3 is 2.71 bits per heavy atom. The van der Waals surface area contributed by atoms with Gasteiger partial charge in [-0.25, -0.2) is 9.78 Å². The summed E-state index contributed by atoms with van der Waals surface area (Å²) < 4.78 is 10.1. The van der Waals surface area contributed by atoms with Crippen molar-refractivity contribution in [2.45, 2.75) is 6.61 Å². The molecule has 106 valence electrons. The molecule has 0 aliphatic carbocycles. The molecule has 0 bridgehead atoms. The molecule has 6 nitrogen and oxygen atoms in total. The number of hydrogen-bond donors (Lipinski definition) is 1. The predicted octanol–water partition coefficient (Wildman–Crippen LogP) is 2.71. The van der Waals surface area contributed by atoms with Crippen LogP contribution in [0.1, 0.15) is 11.3 Å². The molecule has 0 saturated heterocycles. The number of hydrogen-bond acceptors (Lipinski definition) is 5. The van der Waals surface area contributed by atoms with E-state index in [9.17, 15) is 4.79 Å². The van der Waals surface area contributed by atoms with Gasteiger partial charge in [0.15, 0.2) is 0 Å². The molecule has 1 amide bonds. The summed E-state index contributed by atoms with van der Waals surface area (Å²) in [6.07, 6.45) is -0.622. The number of carbonyl (C=O) groups is 1. The molecule has 0 aliphatic rings. The number of nitriles is 1. The Morgan fingerprint density at radius 1 is 1.29 bits per heavy atom. The molecular formula is C15H13N3O3. The van der Waals surface area contributed by atoms with E-state index in [1.165, 1.54) is 19.2 Å². The van der Waals surface area contributed by atoms with Gasteiger partial charge in [-0.3, -0.25) is 5.32 Å². The molecule has 1 N–H and O–H groups in total. The number of ether oxygens (including phenoxy) is 2. The molecule has 0 atom stereocenters. The molecule has 21 heavy (non-hydrogen) atoms. The van der Waals surface area contributed by atoms with Gasteiger partial charge in [0.25, 0.3) is 0 Å². The molecule has 0 aliphatic heterocycles. The van der Waals surface area contributed by atoms with Crippen molar-refractivity contribution >= 4 is 11.8 Å². The van der Waals surface area contributed by atoms with Gasteiger partial charge in [0.1, 0.15) is 24.1 Å². The number of amides is 1. The third kappa shape index (κ3) is 3.94. The number of methoxy groups -OCH3 is 1. The maximum atomic E-state index is 11.7. The van der Waals surface area contributed by atoms with Crippen molar-refractivity contribution < 1.29 is 14.3 Å². The van der Waals surface area contributed by atoms with E-state index in [1.54, 1.807) is 0 Å². The minimum Gasteiger partial charge on any atom is -0.479 e. The number of anilines is 1. The highest BCUT2D eigenvalue weighted by Gasteiger charge is 2.10. The van der Waals surface area contributed by atoms with Gasteiger partial charge in [-0.05, 0) is 17.7 Å². The molecule has 2 rings (SSSR count). The van der Waals surface area contributed by atoms with E-state index >= 15 is 0 Å². The van der Waals surface area contributed by atoms with Crippen LogP contribution in [0, 0.1) is 11.3 Å². The second-order valence-electron chi connectivity index (χ2n) is 4.05. The zero-order valence-corrected chi connectivity index (χ0v) is 11.4. The topological polar surface area (TPSA) is 84.2 Å². The highest BCUT2D eigenvalue weighted by Crippen LogP contribution is 2.21. The molecule has 1 heterocycles. The van der Waals surface area contributed by atoms with Crippen LogP contribution in [0.15, 0.2) is 42.5 Å². The minimum atomic E-state index is -0.622. The van der Waals surface area contributed by atoms with E-state index in [0.717, 1.165) is 5.56 Å². The summed E-state index contributed by atoms with van der Waals surface area (Å²) in [4.78, 5) is 15.7. The zero-order valence-electron chi connectivity index (χ0n) is 11.4. The largest absolute Gasteiger partial charge is 0.479 e. The van der Waals surface area contributed by atoms with E-state index in [-0.39, 0.29) is 18.2 Å². The van der Waals surface area contributed by atoms with Gasteiger partial charge < -0.3 is 9.47 Å². The Labute approximate surface area is 121 Å². The van der Waals surface area contributed by atoms with Crippen LogP contribution in [-0.4, -0.2) is 18.2 Å². The minimum absolute atomic E-state index is 0.158. The highest BCUT2D eigenvalue weighted by atomic mass is 16.5. The number of nitrogens with zero attached hydrogens (tertiary/aromatic N) is 2. The summed E-state index contributed by atoms with van der Waals surface area (Å²) in [5, 5.41) is 11.3. The van der Waals surface area contributed by atoms with Crippen molar-refractivity contribution in [1.29, 1.82) is 5.26 Å². The van der Waals surface area contributed by atoms with Crippen LogP contribution in [0.2, 0.25) is 0 Å². The molecule has 6 heteroatoms. The van der Waals surface area contributed by atoms with Gasteiger partial charge in [0.2, 0.25) is 5.88 Å². The van der Waals surface area contributed by atoms with Crippen LogP contribution in [0.3, 0.4) is 0 Å². The van der Waals surface area contributed by atoms with E-state index in [0.29, 0.717) is 5.69 Å². The smallest absolute Gasteiger partial charge is 0.412 e. The first kappa shape index (κ1) is 14.3. The number of nitrogens with one attached hydrogen (secondary N) is 1. The number of aromatic nitrogens is 1. The second kappa shape index (κ2) is 6.91. The number of carbonyl (C=O) groups excluding carboxylic acids is 1. The normalized spacial score (nSPS) is 9.52. The highest BCUT2D eigenvalue weighted by molar-refractivity contribution is 5.86. The molecule has 2 aromatic rings. The number of benzene rings is 1. The van der Waals surface area contributed by atoms with Crippen LogP contribution < -0.4 is 10.1 Å². The Balaban J connectivity index is 1.98. The molecule has 0 spiro atoms. The van der Waals surface area contributed by atoms with E-state index < -0.39 is 6.09 Å². The monoisotopic (exact) mass is 283 g/mol. The third-order valence-electron chi connectivity index (χ3n) is 2.62. The summed E-state index contributed by atoms with van der Waals surface area (Å²) in [7, 11) is 1.41. The van der Waals surface area contributed by atoms with Crippen molar-refractivity contribution in [3.8, 4) is 11.9 Å². The fourth-order valence-electron chi connectivity index (χ4n) is 1.62. The van der Waals surface area contributed by atoms with Crippen molar-refractivity contribution in [1.82, 2.24) is 4.98 Å². The molecule has 1 aromatic heterocycles. The van der Waals surface area contributed by atoms with E-state index in [2.05, 4.69) is 10.3 Å². The Kier molecular flexibility index (Phi) is 4.72. The van der Waals surface area contributed by atoms with Gasteiger partial charge in [0.05, 0.1) is 7.11 Å². The second-order valence-corrected chi connectivity index (χ2v) is 4.05. The average molecular weight is 283 g/mol. The Morgan fingerprint density at radius 2 is 2.05 bits per heavy atom. The lowest BCUT2D eigenvalue weighted by Crippen LogP contribution is -2.14. The fraction of sp³-hybridized carbons (Fsp3) is 0.133. The molecule has 0 unspecified atom stereocenters. The van der Waals surface area contributed by atoms with Gasteiger partial charge in [-0.1, -0.05) is 30.3 Å². The van der Waals surface area contributed by atoms with Crippen molar-refractivity contribution in [3.63, 3.8) is 0 Å². The summed E-state index contributed by atoms with van der Waals surface area (Å²) >= 11 is 0. The Hall–Kier alpha value is -3.07. The zero-order chi connectivity index (χ0) is 15.1. The quantitative estimate of drug-likeness (QED) is 0.932. The Bertz CT molecular complexity index is 666. The lowest BCUT2D eigenvalue weighted by Gasteiger charge is -2.10. The summed E-state index contributed by atoms with van der Waals surface area (Å²) in [5.74, 6) is 0.158. The fourth-order valence-corrected chi connectivity index (χ4v) is 1.62. The summed E-state index contributed by atoms with van der Waals surface area (Å²) in [6.45, 7) is 0.165. The number of pyridine rings is 1. The van der Waals surface area contributed by atoms with Gasteiger partial charge in [-0.2, -0.15) is 5.26 Å². The van der Waals surface area contributed by atoms with Crippen molar-refractivity contribution in [3.05, 3.63) is 53.7 Å². The van der Waals surface area contributed by atoms with E-state index in [4.69, 9.17) is 14.7 Å². The first-order valence-corrected chi connectivity index (χ1v) is 6.16. The van der Waals surface area contributed by atoms with Crippen LogP contribution in [-0.2, 0) is 11.3 Å². The molecule has 0 saturated carbocycles. The third-order valence-corrected chi connectivity index (χ3v) is 2.62. The van der Waals surface area contributed by atoms with E-state index in [1.807, 2.05) is 36.4 Å². The number of rotatable bonds is 4. The lowest BCUT2D eigenvalue weighted by molar-refractivity contribution is 0.155. The molecule has 1 aromatic carbocycles. The van der Waals surface area contributed by atoms with Crippen molar-refractivity contribution in [2.24, 2.45) is 0 Å². The standard InChI is InChI=1S/C15H13N3O3/c1-20-14-13(8-7-12(9-16)17-14)18-15(19)21-10-11-5-3-2-4-6-11/h2-8H,10H2,1H3,(H,18,19). The van der Waals surface area contributed by atoms with Crippen LogP contribution in [0.5, 0.6) is 5.88 Å². The van der Waals surface area contributed by atoms with Crippen LogP contribution in [0.4, 0.5) is 10.5 Å². The SMILES string of the molecule is COc1nc(C#N)ccc1NC(=O)OCc1ccccc1. The maximum absolute atomic E-state index is 11.7. The molecular weight excluding hydrogens is 270 g/mol. The molecule has 0 fully saturated rings. The van der Waals surface area contributed by atoms with Gasteiger partial charge in [0, 0.05) is 0 Å². The lowest BCUT2D eigenvalue weighted by atomic mass is 10.2. The first-order chi connectivity index (χ1) is 10.2. The first-order valence-electron chi connectivity index (χ1n) is 6.16. The average Bonchev–Trinajstić information content (AvgIpc) is 2.54. The van der Waals surface area contributed by atoms with Crippen LogP contribution in [0.25, 0.3) is 0 Å². The van der Waals surface area contributed by atoms with Crippen LogP contribution >= 0.6 is 0 Å². The maximum Gasteiger partial charge on any atom is 0.412 e. The van der Waals surface area contributed by atoms with Gasteiger partial charge in [-0.15, -0.1) is 0 Å². The van der Waals surface area contributed by atoms with Gasteiger partial charge >= 0.3 is 6.09 Å². The summed E-state index contributed by atoms with van der Waals surface area (Å²) in [6, 6.07) is 14.2. The van der Waals surface area contributed by atoms with Crippen molar-refractivity contribution in [2.75, 3.05) is 12.4 Å². The molecule has 0 radical (unpaired) electrons.